The highest BCUT2D eigenvalue weighted by molar-refractivity contribution is 9.10. The summed E-state index contributed by atoms with van der Waals surface area (Å²) in [4.78, 5) is 16.6. The zero-order valence-corrected chi connectivity index (χ0v) is 19.7. The fraction of sp³-hybridized carbons (Fsp3) is 0.150. The molecular weight excluding hydrogens is 508 g/mol. The number of nitrogens with one attached hydrogen (secondary N) is 1. The van der Waals surface area contributed by atoms with Crippen LogP contribution in [-0.2, 0) is 14.8 Å². The summed E-state index contributed by atoms with van der Waals surface area (Å²) >= 11 is 9.50. The van der Waals surface area contributed by atoms with Gasteiger partial charge >= 0.3 is 0 Å². The molecular formula is C20H18BrClN4O4S. The second kappa shape index (κ2) is 9.63. The molecule has 0 aliphatic heterocycles. The quantitative estimate of drug-likeness (QED) is 0.289. The first-order valence-corrected chi connectivity index (χ1v) is 11.9. The van der Waals surface area contributed by atoms with E-state index in [4.69, 9.17) is 16.3 Å². The van der Waals surface area contributed by atoms with Crippen LogP contribution in [0.2, 0.25) is 5.15 Å². The number of benzene rings is 2. The molecule has 0 aliphatic carbocycles. The van der Waals surface area contributed by atoms with Crippen LogP contribution in [0.5, 0.6) is 5.75 Å². The van der Waals surface area contributed by atoms with Crippen LogP contribution in [0.25, 0.3) is 10.9 Å². The Morgan fingerprint density at radius 3 is 2.74 bits per heavy atom. The molecule has 0 saturated heterocycles. The van der Waals surface area contributed by atoms with E-state index in [9.17, 15) is 13.2 Å². The van der Waals surface area contributed by atoms with Crippen molar-refractivity contribution in [1.82, 2.24) is 10.4 Å². The van der Waals surface area contributed by atoms with E-state index >= 15 is 0 Å². The summed E-state index contributed by atoms with van der Waals surface area (Å²) in [7, 11) is -2.12. The Morgan fingerprint density at radius 2 is 2.06 bits per heavy atom. The van der Waals surface area contributed by atoms with Gasteiger partial charge in [-0.15, -0.1) is 0 Å². The number of carbonyl (C=O) groups excluding carboxylic acids is 1. The number of fused-ring (bicyclic) bond motifs is 1. The van der Waals surface area contributed by atoms with E-state index in [2.05, 4.69) is 31.4 Å². The third kappa shape index (κ3) is 5.93. The molecule has 0 saturated carbocycles. The minimum Gasteiger partial charge on any atom is -0.497 e. The molecule has 0 fully saturated rings. The number of halogens is 2. The third-order valence-corrected chi connectivity index (χ3v) is 6.12. The van der Waals surface area contributed by atoms with Gasteiger partial charge in [0.15, 0.2) is 0 Å². The summed E-state index contributed by atoms with van der Waals surface area (Å²) in [5, 5.41) is 4.90. The van der Waals surface area contributed by atoms with Gasteiger partial charge in [0.05, 0.1) is 30.8 Å². The van der Waals surface area contributed by atoms with Crippen molar-refractivity contribution in [1.29, 1.82) is 0 Å². The molecule has 0 unspecified atom stereocenters. The number of amides is 1. The van der Waals surface area contributed by atoms with Gasteiger partial charge in [0.1, 0.15) is 17.4 Å². The third-order valence-electron chi connectivity index (χ3n) is 4.18. The predicted octanol–water partition coefficient (Wildman–Crippen LogP) is 3.58. The molecule has 0 radical (unpaired) electrons. The highest BCUT2D eigenvalue weighted by atomic mass is 79.9. The maximum Gasteiger partial charge on any atom is 0.260 e. The number of methoxy groups -OCH3 is 1. The second-order valence-electron chi connectivity index (χ2n) is 6.47. The molecule has 1 aromatic heterocycles. The molecule has 3 rings (SSSR count). The van der Waals surface area contributed by atoms with Crippen molar-refractivity contribution in [2.75, 3.05) is 24.2 Å². The minimum atomic E-state index is -3.69. The molecule has 11 heteroatoms. The van der Waals surface area contributed by atoms with E-state index in [1.165, 1.54) is 6.21 Å². The molecule has 2 aromatic carbocycles. The van der Waals surface area contributed by atoms with Crippen molar-refractivity contribution in [3.8, 4) is 5.75 Å². The predicted molar refractivity (Wildman–Crippen MR) is 125 cm³/mol. The van der Waals surface area contributed by atoms with Gasteiger partial charge in [-0.05, 0) is 36.4 Å². The van der Waals surface area contributed by atoms with Crippen LogP contribution in [0.1, 0.15) is 5.56 Å². The second-order valence-corrected chi connectivity index (χ2v) is 9.65. The Hall–Kier alpha value is -2.69. The zero-order chi connectivity index (χ0) is 22.6. The topological polar surface area (TPSA) is 101 Å². The van der Waals surface area contributed by atoms with Gasteiger partial charge in [0.25, 0.3) is 5.91 Å². The molecule has 31 heavy (non-hydrogen) atoms. The average Bonchev–Trinajstić information content (AvgIpc) is 2.71. The highest BCUT2D eigenvalue weighted by Crippen LogP contribution is 2.24. The summed E-state index contributed by atoms with van der Waals surface area (Å²) < 4.78 is 31.1. The van der Waals surface area contributed by atoms with Crippen LogP contribution in [0.15, 0.2) is 58.1 Å². The number of nitrogens with zero attached hydrogens (tertiary/aromatic N) is 3. The van der Waals surface area contributed by atoms with Crippen LogP contribution in [0.4, 0.5) is 5.69 Å². The van der Waals surface area contributed by atoms with Gasteiger partial charge in [-0.25, -0.2) is 18.8 Å². The van der Waals surface area contributed by atoms with E-state index < -0.39 is 22.5 Å². The molecule has 8 nitrogen and oxygen atoms in total. The first-order valence-electron chi connectivity index (χ1n) is 8.87. The number of hydrogen-bond acceptors (Lipinski definition) is 6. The van der Waals surface area contributed by atoms with Crippen LogP contribution in [-0.4, -0.2) is 45.4 Å². The molecule has 0 atom stereocenters. The monoisotopic (exact) mass is 524 g/mol. The average molecular weight is 526 g/mol. The molecule has 1 amide bonds. The standard InChI is InChI=1S/C20H18BrClN4O4S/c1-30-17-7-6-13-8-14(20(22)24-18(13)10-17)11-23-25-19(27)12-26(31(2,28)29)16-5-3-4-15(21)9-16/h3-11H,12H2,1-2H3,(H,25,27)/b23-11-. The number of hydrogen-bond donors (Lipinski definition) is 1. The maximum absolute atomic E-state index is 12.3. The summed E-state index contributed by atoms with van der Waals surface area (Å²) in [6.07, 6.45) is 2.38. The van der Waals surface area contributed by atoms with Crippen molar-refractivity contribution in [2.24, 2.45) is 5.10 Å². The first kappa shape index (κ1) is 23.0. The summed E-state index contributed by atoms with van der Waals surface area (Å²) in [5.74, 6) is 0.0434. The molecule has 0 aliphatic rings. The maximum atomic E-state index is 12.3. The number of rotatable bonds is 7. The number of aromatic nitrogens is 1. The minimum absolute atomic E-state index is 0.200. The Morgan fingerprint density at radius 1 is 1.29 bits per heavy atom. The smallest absolute Gasteiger partial charge is 0.260 e. The van der Waals surface area contributed by atoms with Gasteiger partial charge in [-0.1, -0.05) is 33.6 Å². The molecule has 0 bridgehead atoms. The van der Waals surface area contributed by atoms with Crippen molar-refractivity contribution in [2.45, 2.75) is 0 Å². The van der Waals surface area contributed by atoms with Crippen molar-refractivity contribution >= 4 is 66.3 Å². The fourth-order valence-corrected chi connectivity index (χ4v) is 4.16. The Labute approximate surface area is 193 Å². The van der Waals surface area contributed by atoms with E-state index in [0.717, 1.165) is 15.9 Å². The van der Waals surface area contributed by atoms with E-state index in [0.29, 0.717) is 27.0 Å². The van der Waals surface area contributed by atoms with E-state index in [-0.39, 0.29) is 5.15 Å². The first-order chi connectivity index (χ1) is 14.7. The van der Waals surface area contributed by atoms with Crippen molar-refractivity contribution < 1.29 is 17.9 Å². The van der Waals surface area contributed by atoms with Gasteiger partial charge in [0.2, 0.25) is 10.0 Å². The van der Waals surface area contributed by atoms with E-state index in [1.54, 1.807) is 49.6 Å². The molecule has 0 spiro atoms. The fourth-order valence-electron chi connectivity index (χ4n) is 2.73. The lowest BCUT2D eigenvalue weighted by molar-refractivity contribution is -0.119. The summed E-state index contributed by atoms with van der Waals surface area (Å²) in [6, 6.07) is 13.8. The molecule has 1 N–H and O–H groups in total. The van der Waals surface area contributed by atoms with Crippen molar-refractivity contribution in [3.05, 3.63) is 63.7 Å². The largest absolute Gasteiger partial charge is 0.497 e. The lowest BCUT2D eigenvalue weighted by atomic mass is 10.1. The summed E-state index contributed by atoms with van der Waals surface area (Å²) in [6.45, 7) is -0.434. The molecule has 3 aromatic rings. The number of anilines is 1. The Balaban J connectivity index is 1.74. The number of hydrazone groups is 1. The normalized spacial score (nSPS) is 11.6. The van der Waals surface area contributed by atoms with Crippen LogP contribution in [0.3, 0.4) is 0 Å². The van der Waals surface area contributed by atoms with Gasteiger partial charge in [-0.2, -0.15) is 5.10 Å². The molecule has 162 valence electrons. The van der Waals surface area contributed by atoms with Crippen molar-refractivity contribution in [3.63, 3.8) is 0 Å². The zero-order valence-electron chi connectivity index (χ0n) is 16.5. The number of sulfonamides is 1. The van der Waals surface area contributed by atoms with Crippen LogP contribution >= 0.6 is 27.5 Å². The lowest BCUT2D eigenvalue weighted by Gasteiger charge is -2.21. The number of pyridine rings is 1. The number of ether oxygens (including phenoxy) is 1. The van der Waals surface area contributed by atoms with Gasteiger partial charge in [0, 0.05) is 21.5 Å². The molecule has 1 heterocycles. The van der Waals surface area contributed by atoms with Gasteiger partial charge in [-0.3, -0.25) is 9.10 Å². The lowest BCUT2D eigenvalue weighted by Crippen LogP contribution is -2.39. The Bertz CT molecular complexity index is 1270. The highest BCUT2D eigenvalue weighted by Gasteiger charge is 2.20. The van der Waals surface area contributed by atoms with E-state index in [1.807, 2.05) is 6.07 Å². The SMILES string of the molecule is COc1ccc2cc(/C=N\NC(=O)CN(c3cccc(Br)c3)S(C)(=O)=O)c(Cl)nc2c1. The van der Waals surface area contributed by atoms with Gasteiger partial charge < -0.3 is 4.74 Å². The summed E-state index contributed by atoms with van der Waals surface area (Å²) in [5.41, 5.74) is 3.82. The number of carbonyl (C=O) groups is 1. The van der Waals surface area contributed by atoms with Crippen LogP contribution < -0.4 is 14.5 Å². The van der Waals surface area contributed by atoms with Crippen LogP contribution in [0, 0.1) is 0 Å². The Kier molecular flexibility index (Phi) is 7.14.